The van der Waals surface area contributed by atoms with Crippen LogP contribution in [-0.4, -0.2) is 33.8 Å². The van der Waals surface area contributed by atoms with Gasteiger partial charge in [-0.3, -0.25) is 9.59 Å². The topological polar surface area (TPSA) is 151 Å². The third kappa shape index (κ3) is 2.80. The molecule has 4 N–H and O–H groups in total. The molecule has 0 radical (unpaired) electrons. The second-order valence-electron chi connectivity index (χ2n) is 5.81. The summed E-state index contributed by atoms with van der Waals surface area (Å²) in [6.45, 7) is 0. The van der Waals surface area contributed by atoms with Crippen LogP contribution >= 0.6 is 12.2 Å². The molecule has 0 unspecified atom stereocenters. The van der Waals surface area contributed by atoms with Crippen LogP contribution in [0.25, 0.3) is 0 Å². The molecule has 2 aliphatic rings. The molecule has 0 aliphatic carbocycles. The average molecular weight is 438 g/mol. The minimum Gasteiger partial charge on any atom is -0.331 e. The highest BCUT2D eigenvalue weighted by Crippen LogP contribution is 2.32. The molecule has 2 heterocycles. The van der Waals surface area contributed by atoms with Crippen molar-refractivity contribution >= 4 is 60.6 Å². The van der Waals surface area contributed by atoms with Crippen molar-refractivity contribution in [3.05, 3.63) is 47.5 Å². The number of hydrogen-bond donors (Lipinski definition) is 4. The number of nitrogens with one attached hydrogen (secondary N) is 4. The standard InChI is InChI=1S/C15H10N4O6S3/c20-13-7-3-1-5-9(11(7)27(22,23)18-13)16-15(26)17-10-6-2-4-8-12(10)28(24,25)19-14(8)21/h1-6H,(H,18,20)(H,19,21)(H2,16,17,26). The van der Waals surface area contributed by atoms with Crippen LogP contribution < -0.4 is 20.1 Å². The summed E-state index contributed by atoms with van der Waals surface area (Å²) in [5.74, 6) is -1.51. The summed E-state index contributed by atoms with van der Waals surface area (Å²) in [6, 6.07) is 8.45. The zero-order chi connectivity index (χ0) is 20.3. The van der Waals surface area contributed by atoms with Gasteiger partial charge in [0.2, 0.25) is 0 Å². The molecule has 2 amide bonds. The maximum Gasteiger partial charge on any atom is 0.267 e. The Bertz CT molecular complexity index is 1200. The number of benzene rings is 2. The Hall–Kier alpha value is -3.03. The summed E-state index contributed by atoms with van der Waals surface area (Å²) in [5, 5.41) is 5.16. The van der Waals surface area contributed by atoms with E-state index in [4.69, 9.17) is 12.2 Å². The van der Waals surface area contributed by atoms with Crippen molar-refractivity contribution in [3.8, 4) is 0 Å². The molecule has 4 rings (SSSR count). The first-order valence-corrected chi connectivity index (χ1v) is 11.0. The largest absolute Gasteiger partial charge is 0.331 e. The number of thiocarbonyl (C=S) groups is 1. The molecule has 0 atom stereocenters. The van der Waals surface area contributed by atoms with Gasteiger partial charge in [-0.15, -0.1) is 0 Å². The molecule has 2 aliphatic heterocycles. The van der Waals surface area contributed by atoms with Crippen molar-refractivity contribution in [1.29, 1.82) is 0 Å². The molecular weight excluding hydrogens is 428 g/mol. The molecule has 0 fully saturated rings. The molecule has 0 spiro atoms. The Balaban J connectivity index is 1.68. The first-order valence-electron chi connectivity index (χ1n) is 7.58. The monoisotopic (exact) mass is 438 g/mol. The fourth-order valence-electron chi connectivity index (χ4n) is 2.94. The lowest BCUT2D eigenvalue weighted by molar-refractivity contribution is 0.0976. The van der Waals surface area contributed by atoms with E-state index in [-0.39, 0.29) is 37.4 Å². The maximum absolute atomic E-state index is 12.1. The first kappa shape index (κ1) is 18.3. The molecule has 13 heteroatoms. The second kappa shape index (κ2) is 5.98. The van der Waals surface area contributed by atoms with Gasteiger partial charge < -0.3 is 10.6 Å². The van der Waals surface area contributed by atoms with Crippen LogP contribution in [0, 0.1) is 0 Å². The highest BCUT2D eigenvalue weighted by Gasteiger charge is 2.36. The van der Waals surface area contributed by atoms with Gasteiger partial charge in [-0.2, -0.15) is 0 Å². The maximum atomic E-state index is 12.1. The van der Waals surface area contributed by atoms with E-state index >= 15 is 0 Å². The van der Waals surface area contributed by atoms with Gasteiger partial charge in [0, 0.05) is 0 Å². The zero-order valence-corrected chi connectivity index (χ0v) is 16.1. The van der Waals surface area contributed by atoms with Gasteiger partial charge in [0.05, 0.1) is 22.5 Å². The van der Waals surface area contributed by atoms with Gasteiger partial charge in [-0.25, -0.2) is 26.3 Å². The number of hydrogen-bond acceptors (Lipinski definition) is 7. The van der Waals surface area contributed by atoms with Crippen molar-refractivity contribution in [2.45, 2.75) is 9.79 Å². The minimum atomic E-state index is -4.04. The lowest BCUT2D eigenvalue weighted by Crippen LogP contribution is -2.24. The van der Waals surface area contributed by atoms with Gasteiger partial charge >= 0.3 is 0 Å². The number of carbonyl (C=O) groups excluding carboxylic acids is 2. The lowest BCUT2D eigenvalue weighted by atomic mass is 10.2. The lowest BCUT2D eigenvalue weighted by Gasteiger charge is -2.14. The Morgan fingerprint density at radius 3 is 1.54 bits per heavy atom. The first-order chi connectivity index (χ1) is 13.1. The number of rotatable bonds is 2. The molecule has 28 heavy (non-hydrogen) atoms. The predicted octanol–water partition coefficient (Wildman–Crippen LogP) is 0.360. The van der Waals surface area contributed by atoms with E-state index in [1.54, 1.807) is 0 Å². The molecule has 0 aromatic heterocycles. The fourth-order valence-corrected chi connectivity index (χ4v) is 5.79. The Kier molecular flexibility index (Phi) is 3.92. The summed E-state index contributed by atoms with van der Waals surface area (Å²) in [4.78, 5) is 23.0. The highest BCUT2D eigenvalue weighted by molar-refractivity contribution is 7.91. The van der Waals surface area contributed by atoms with E-state index in [0.29, 0.717) is 0 Å². The van der Waals surface area contributed by atoms with Gasteiger partial charge in [0.25, 0.3) is 31.9 Å². The van der Waals surface area contributed by atoms with E-state index < -0.39 is 31.9 Å². The van der Waals surface area contributed by atoms with Crippen molar-refractivity contribution in [1.82, 2.24) is 9.44 Å². The molecule has 0 saturated carbocycles. The zero-order valence-electron chi connectivity index (χ0n) is 13.6. The molecule has 144 valence electrons. The summed E-state index contributed by atoms with van der Waals surface area (Å²) >= 11 is 5.15. The Morgan fingerprint density at radius 2 is 1.14 bits per heavy atom. The van der Waals surface area contributed by atoms with E-state index in [2.05, 4.69) is 10.6 Å². The van der Waals surface area contributed by atoms with E-state index in [1.165, 1.54) is 36.4 Å². The number of sulfonamides is 2. The normalized spacial score (nSPS) is 17.9. The van der Waals surface area contributed by atoms with E-state index in [9.17, 15) is 26.4 Å². The van der Waals surface area contributed by atoms with Crippen LogP contribution in [-0.2, 0) is 20.0 Å². The van der Waals surface area contributed by atoms with Crippen LogP contribution in [0.3, 0.4) is 0 Å². The van der Waals surface area contributed by atoms with Crippen molar-refractivity contribution < 1.29 is 26.4 Å². The van der Waals surface area contributed by atoms with Crippen molar-refractivity contribution in [2.24, 2.45) is 0 Å². The van der Waals surface area contributed by atoms with Crippen molar-refractivity contribution in [2.75, 3.05) is 10.6 Å². The summed E-state index contributed by atoms with van der Waals surface area (Å²) in [6.07, 6.45) is 0. The van der Waals surface area contributed by atoms with Crippen LogP contribution in [0.15, 0.2) is 46.2 Å². The summed E-state index contributed by atoms with van der Waals surface area (Å²) in [5.41, 5.74) is 0.00697. The average Bonchev–Trinajstić information content (AvgIpc) is 2.98. The quantitative estimate of drug-likeness (QED) is 0.487. The summed E-state index contributed by atoms with van der Waals surface area (Å²) in [7, 11) is -8.08. The van der Waals surface area contributed by atoms with Gasteiger partial charge in [0.1, 0.15) is 9.79 Å². The van der Waals surface area contributed by atoms with E-state index in [1.807, 2.05) is 9.44 Å². The summed E-state index contributed by atoms with van der Waals surface area (Å²) < 4.78 is 52.3. The third-order valence-corrected chi connectivity index (χ3v) is 7.07. The molecular formula is C15H10N4O6S3. The molecule has 10 nitrogen and oxygen atoms in total. The number of carbonyl (C=O) groups is 2. The Labute approximate surface area is 164 Å². The van der Waals surface area contributed by atoms with Gasteiger partial charge in [0.15, 0.2) is 5.11 Å². The number of fused-ring (bicyclic) bond motifs is 2. The van der Waals surface area contributed by atoms with Crippen LogP contribution in [0.5, 0.6) is 0 Å². The van der Waals surface area contributed by atoms with Crippen LogP contribution in [0.2, 0.25) is 0 Å². The van der Waals surface area contributed by atoms with Crippen LogP contribution in [0.1, 0.15) is 20.7 Å². The molecule has 0 bridgehead atoms. The smallest absolute Gasteiger partial charge is 0.267 e. The second-order valence-corrected chi connectivity index (χ2v) is 9.46. The molecule has 2 aromatic rings. The SMILES string of the molecule is O=C1NS(=O)(=O)c2c(NC(=S)Nc3cccc4c3S(=O)(=O)NC4=O)cccc21. The highest BCUT2D eigenvalue weighted by atomic mass is 32.2. The third-order valence-electron chi connectivity index (χ3n) is 4.01. The van der Waals surface area contributed by atoms with E-state index in [0.717, 1.165) is 0 Å². The fraction of sp³-hybridized carbons (Fsp3) is 0. The minimum absolute atomic E-state index is 0.0363. The van der Waals surface area contributed by atoms with Crippen molar-refractivity contribution in [3.63, 3.8) is 0 Å². The van der Waals surface area contributed by atoms with Gasteiger partial charge in [-0.05, 0) is 36.5 Å². The molecule has 0 saturated heterocycles. The Morgan fingerprint density at radius 1 is 0.750 bits per heavy atom. The van der Waals surface area contributed by atoms with Crippen LogP contribution in [0.4, 0.5) is 11.4 Å². The number of amides is 2. The van der Waals surface area contributed by atoms with Gasteiger partial charge in [-0.1, -0.05) is 12.1 Å². The molecule has 2 aromatic carbocycles. The number of anilines is 2. The predicted molar refractivity (Wildman–Crippen MR) is 102 cm³/mol.